The molecule has 2 atom stereocenters. The molecule has 0 N–H and O–H groups in total. The molecule has 3 aromatic rings. The van der Waals surface area contributed by atoms with Crippen molar-refractivity contribution >= 4 is 11.3 Å². The van der Waals surface area contributed by atoms with Crippen LogP contribution in [0.5, 0.6) is 5.75 Å². The topological polar surface area (TPSA) is 82.6 Å². The van der Waals surface area contributed by atoms with E-state index in [1.807, 2.05) is 19.2 Å². The lowest BCUT2D eigenvalue weighted by Crippen LogP contribution is -2.67. The summed E-state index contributed by atoms with van der Waals surface area (Å²) in [6.45, 7) is 4.47. The molecule has 3 saturated heterocycles. The Morgan fingerprint density at radius 3 is 2.68 bits per heavy atom. The van der Waals surface area contributed by atoms with Gasteiger partial charge in [-0.25, -0.2) is 9.50 Å². The van der Waals surface area contributed by atoms with Gasteiger partial charge in [-0.15, -0.1) is 0 Å². The Labute approximate surface area is 163 Å². The molecule has 0 amide bonds. The number of hydrogen-bond acceptors (Lipinski definition) is 7. The highest BCUT2D eigenvalue weighted by Crippen LogP contribution is 2.33. The molecular formula is C20H21N7O. The first-order valence-electron chi connectivity index (χ1n) is 9.51. The van der Waals surface area contributed by atoms with Crippen molar-refractivity contribution in [2.45, 2.75) is 25.4 Å². The summed E-state index contributed by atoms with van der Waals surface area (Å²) >= 11 is 0. The average Bonchev–Trinajstić information content (AvgIpc) is 3.16. The third kappa shape index (κ3) is 2.59. The van der Waals surface area contributed by atoms with Gasteiger partial charge in [-0.3, -0.25) is 9.88 Å². The zero-order valence-corrected chi connectivity index (χ0v) is 15.9. The molecule has 6 rings (SSSR count). The zero-order chi connectivity index (χ0) is 19.3. The first kappa shape index (κ1) is 17.0. The van der Waals surface area contributed by atoms with E-state index in [9.17, 15) is 5.26 Å². The zero-order valence-electron chi connectivity index (χ0n) is 15.9. The molecule has 3 fully saturated rings. The Bertz CT molecular complexity index is 1060. The molecule has 0 saturated carbocycles. The molecule has 8 nitrogen and oxygen atoms in total. The van der Waals surface area contributed by atoms with Gasteiger partial charge in [0.15, 0.2) is 0 Å². The quantitative estimate of drug-likeness (QED) is 0.689. The number of anilines is 1. The fraction of sp³-hybridized carbons (Fsp3) is 0.400. The number of pyridine rings is 1. The van der Waals surface area contributed by atoms with E-state index in [4.69, 9.17) is 4.74 Å². The van der Waals surface area contributed by atoms with Crippen LogP contribution < -0.4 is 9.64 Å². The van der Waals surface area contributed by atoms with Crippen molar-refractivity contribution in [3.05, 3.63) is 36.4 Å². The number of hydrogen-bond donors (Lipinski definition) is 0. The summed E-state index contributed by atoms with van der Waals surface area (Å²) in [5.41, 5.74) is 2.71. The standard InChI is InChI=1S/C20H21N7O/c1-3-28-16-5-17(20-13(6-21)7-24-27(20)12-16)18-8-23-19(9-22-18)26-10-14-4-15(11-26)25(14)2/h5,7-9,12,14-15H,3-4,10-11H2,1-2H3. The van der Waals surface area contributed by atoms with Crippen LogP contribution in [0.2, 0.25) is 0 Å². The Morgan fingerprint density at radius 2 is 2.04 bits per heavy atom. The highest BCUT2D eigenvalue weighted by Gasteiger charge is 2.42. The molecule has 0 spiro atoms. The van der Waals surface area contributed by atoms with Gasteiger partial charge in [0.2, 0.25) is 0 Å². The monoisotopic (exact) mass is 375 g/mol. The second kappa shape index (κ2) is 6.46. The molecule has 3 aliphatic heterocycles. The van der Waals surface area contributed by atoms with Crippen LogP contribution in [0, 0.1) is 11.3 Å². The van der Waals surface area contributed by atoms with E-state index in [2.05, 4.69) is 38.0 Å². The summed E-state index contributed by atoms with van der Waals surface area (Å²) in [4.78, 5) is 14.1. The maximum Gasteiger partial charge on any atom is 0.147 e. The predicted molar refractivity (Wildman–Crippen MR) is 104 cm³/mol. The normalized spacial score (nSPS) is 21.4. The first-order valence-corrected chi connectivity index (χ1v) is 9.51. The van der Waals surface area contributed by atoms with Gasteiger partial charge >= 0.3 is 0 Å². The maximum atomic E-state index is 9.45. The number of ether oxygens (including phenoxy) is 1. The van der Waals surface area contributed by atoms with E-state index >= 15 is 0 Å². The largest absolute Gasteiger partial charge is 0.492 e. The molecule has 3 aromatic heterocycles. The molecule has 3 aliphatic rings. The van der Waals surface area contributed by atoms with Crippen LogP contribution in [-0.2, 0) is 0 Å². The van der Waals surface area contributed by atoms with Gasteiger partial charge in [-0.05, 0) is 26.5 Å². The van der Waals surface area contributed by atoms with Crippen molar-refractivity contribution in [2.24, 2.45) is 0 Å². The summed E-state index contributed by atoms with van der Waals surface area (Å²) in [5, 5.41) is 13.7. The lowest BCUT2D eigenvalue weighted by atomic mass is 9.88. The van der Waals surface area contributed by atoms with E-state index in [1.165, 1.54) is 6.42 Å². The number of piperazine rings is 1. The first-order chi connectivity index (χ1) is 13.7. The molecule has 2 unspecified atom stereocenters. The van der Waals surface area contributed by atoms with Crippen molar-refractivity contribution in [1.29, 1.82) is 5.26 Å². The molecule has 0 aromatic carbocycles. The van der Waals surface area contributed by atoms with Crippen LogP contribution in [0.3, 0.4) is 0 Å². The lowest BCUT2D eigenvalue weighted by Gasteiger charge is -2.55. The number of fused-ring (bicyclic) bond motifs is 3. The van der Waals surface area contributed by atoms with E-state index in [-0.39, 0.29) is 0 Å². The number of likely N-dealkylation sites (N-methyl/N-ethyl adjacent to an activating group) is 1. The maximum absolute atomic E-state index is 9.45. The minimum atomic E-state index is 0.503. The van der Waals surface area contributed by atoms with E-state index < -0.39 is 0 Å². The van der Waals surface area contributed by atoms with Crippen molar-refractivity contribution < 1.29 is 4.74 Å². The molecule has 8 heteroatoms. The summed E-state index contributed by atoms with van der Waals surface area (Å²) in [6, 6.07) is 5.34. The van der Waals surface area contributed by atoms with Crippen LogP contribution >= 0.6 is 0 Å². The number of nitrogens with zero attached hydrogens (tertiary/aromatic N) is 7. The Balaban J connectivity index is 1.51. The Hall–Kier alpha value is -3.18. The highest BCUT2D eigenvalue weighted by atomic mass is 16.5. The lowest BCUT2D eigenvalue weighted by molar-refractivity contribution is 0.0260. The molecule has 6 heterocycles. The van der Waals surface area contributed by atoms with Crippen LogP contribution in [0.4, 0.5) is 5.82 Å². The second-order valence-electron chi connectivity index (χ2n) is 7.36. The van der Waals surface area contributed by atoms with Crippen LogP contribution in [0.15, 0.2) is 30.9 Å². The Kier molecular flexibility index (Phi) is 3.91. The number of piperidine rings is 1. The highest BCUT2D eigenvalue weighted by molar-refractivity contribution is 5.83. The van der Waals surface area contributed by atoms with Gasteiger partial charge < -0.3 is 9.64 Å². The summed E-state index contributed by atoms with van der Waals surface area (Å²) in [5.74, 6) is 1.58. The third-order valence-corrected chi connectivity index (χ3v) is 5.81. The van der Waals surface area contributed by atoms with Crippen molar-refractivity contribution in [3.8, 4) is 23.1 Å². The van der Waals surface area contributed by atoms with Gasteiger partial charge in [0.05, 0.1) is 48.2 Å². The molecule has 28 heavy (non-hydrogen) atoms. The van der Waals surface area contributed by atoms with Crippen LogP contribution in [0.25, 0.3) is 16.8 Å². The van der Waals surface area contributed by atoms with Gasteiger partial charge in [0.1, 0.15) is 17.6 Å². The average molecular weight is 375 g/mol. The van der Waals surface area contributed by atoms with Crippen molar-refractivity contribution in [3.63, 3.8) is 0 Å². The SMILES string of the molecule is CCOc1cc(-c2cnc(N3CC4CC(C3)N4C)cn2)c2c(C#N)cnn2c1. The van der Waals surface area contributed by atoms with Crippen LogP contribution in [0.1, 0.15) is 18.9 Å². The number of rotatable bonds is 4. The van der Waals surface area contributed by atoms with Gasteiger partial charge in [-0.1, -0.05) is 0 Å². The van der Waals surface area contributed by atoms with Crippen molar-refractivity contribution in [1.82, 2.24) is 24.5 Å². The van der Waals surface area contributed by atoms with Gasteiger partial charge in [0, 0.05) is 30.7 Å². The molecule has 2 bridgehead atoms. The van der Waals surface area contributed by atoms with Crippen LogP contribution in [-0.4, -0.2) is 63.3 Å². The number of nitriles is 1. The minimum Gasteiger partial charge on any atom is -0.492 e. The predicted octanol–water partition coefficient (Wildman–Crippen LogP) is 1.95. The molecule has 0 aliphatic carbocycles. The second-order valence-corrected chi connectivity index (χ2v) is 7.36. The van der Waals surface area contributed by atoms with E-state index in [0.29, 0.717) is 41.2 Å². The summed E-state index contributed by atoms with van der Waals surface area (Å²) < 4.78 is 7.33. The summed E-state index contributed by atoms with van der Waals surface area (Å²) in [7, 11) is 2.19. The third-order valence-electron chi connectivity index (χ3n) is 5.81. The minimum absolute atomic E-state index is 0.503. The smallest absolute Gasteiger partial charge is 0.147 e. The fourth-order valence-corrected chi connectivity index (χ4v) is 4.23. The van der Waals surface area contributed by atoms with E-state index in [0.717, 1.165) is 24.5 Å². The van der Waals surface area contributed by atoms with Crippen molar-refractivity contribution in [2.75, 3.05) is 31.6 Å². The van der Waals surface area contributed by atoms with Gasteiger partial charge in [-0.2, -0.15) is 10.4 Å². The summed E-state index contributed by atoms with van der Waals surface area (Å²) in [6.07, 6.45) is 8.22. The van der Waals surface area contributed by atoms with Gasteiger partial charge in [0.25, 0.3) is 0 Å². The van der Waals surface area contributed by atoms with E-state index in [1.54, 1.807) is 23.1 Å². The number of aromatic nitrogens is 4. The Morgan fingerprint density at radius 1 is 1.21 bits per heavy atom. The fourth-order valence-electron chi connectivity index (χ4n) is 4.23. The molecule has 142 valence electrons. The molecule has 0 radical (unpaired) electrons. The molecular weight excluding hydrogens is 354 g/mol.